The molecule has 2 heterocycles. The smallest absolute Gasteiger partial charge is 0.255 e. The molecule has 26 heavy (non-hydrogen) atoms. The summed E-state index contributed by atoms with van der Waals surface area (Å²) in [5.74, 6) is 0.0308. The zero-order valence-corrected chi connectivity index (χ0v) is 15.3. The molecule has 0 radical (unpaired) electrons. The van der Waals surface area contributed by atoms with Crippen LogP contribution in [0.25, 0.3) is 0 Å². The van der Waals surface area contributed by atoms with Gasteiger partial charge in [0.2, 0.25) is 10.0 Å². The lowest BCUT2D eigenvalue weighted by atomic mass is 10.2. The minimum absolute atomic E-state index is 0.144. The van der Waals surface area contributed by atoms with Crippen molar-refractivity contribution in [3.05, 3.63) is 48.3 Å². The first-order valence-electron chi connectivity index (χ1n) is 8.42. The SMILES string of the molecule is COc1ccc(S(=O)(=O)N2CCCCC2)cc1NC(=O)c1ccncc1. The number of aromatic nitrogens is 1. The molecule has 7 nitrogen and oxygen atoms in total. The summed E-state index contributed by atoms with van der Waals surface area (Å²) in [6.45, 7) is 1.04. The number of methoxy groups -OCH3 is 1. The lowest BCUT2D eigenvalue weighted by molar-refractivity contribution is 0.102. The van der Waals surface area contributed by atoms with Gasteiger partial charge >= 0.3 is 0 Å². The molecule has 8 heteroatoms. The predicted molar refractivity (Wildman–Crippen MR) is 97.8 cm³/mol. The Morgan fingerprint density at radius 2 is 1.81 bits per heavy atom. The van der Waals surface area contributed by atoms with Gasteiger partial charge in [-0.3, -0.25) is 9.78 Å². The third kappa shape index (κ3) is 3.86. The second-order valence-corrected chi connectivity index (χ2v) is 7.95. The molecule has 0 spiro atoms. The highest BCUT2D eigenvalue weighted by molar-refractivity contribution is 7.89. The molecule has 1 aliphatic rings. The van der Waals surface area contributed by atoms with E-state index in [9.17, 15) is 13.2 Å². The van der Waals surface area contributed by atoms with Gasteiger partial charge in [-0.15, -0.1) is 0 Å². The largest absolute Gasteiger partial charge is 0.495 e. The van der Waals surface area contributed by atoms with Gasteiger partial charge in [0.05, 0.1) is 17.7 Å². The Balaban J connectivity index is 1.90. The van der Waals surface area contributed by atoms with E-state index in [-0.39, 0.29) is 10.8 Å². The number of amides is 1. The fourth-order valence-electron chi connectivity index (χ4n) is 2.90. The lowest BCUT2D eigenvalue weighted by Crippen LogP contribution is -2.35. The molecule has 0 atom stereocenters. The Kier molecular flexibility index (Phi) is 5.53. The van der Waals surface area contributed by atoms with Crippen molar-refractivity contribution in [2.45, 2.75) is 24.2 Å². The monoisotopic (exact) mass is 375 g/mol. The molecule has 3 rings (SSSR count). The highest BCUT2D eigenvalue weighted by Crippen LogP contribution is 2.30. The van der Waals surface area contributed by atoms with Crippen LogP contribution in [0.4, 0.5) is 5.69 Å². The molecule has 0 saturated carbocycles. The number of hydrogen-bond acceptors (Lipinski definition) is 5. The Morgan fingerprint density at radius 1 is 1.12 bits per heavy atom. The number of ether oxygens (including phenoxy) is 1. The van der Waals surface area contributed by atoms with E-state index in [0.717, 1.165) is 19.3 Å². The summed E-state index contributed by atoms with van der Waals surface area (Å²) in [5, 5.41) is 2.72. The zero-order chi connectivity index (χ0) is 18.6. The first kappa shape index (κ1) is 18.3. The van der Waals surface area contributed by atoms with Crippen LogP contribution < -0.4 is 10.1 Å². The molecule has 1 N–H and O–H groups in total. The number of sulfonamides is 1. The predicted octanol–water partition coefficient (Wildman–Crippen LogP) is 2.52. The van der Waals surface area contributed by atoms with Gasteiger partial charge in [-0.05, 0) is 43.2 Å². The summed E-state index contributed by atoms with van der Waals surface area (Å²) in [5.41, 5.74) is 0.735. The van der Waals surface area contributed by atoms with Gasteiger partial charge in [-0.1, -0.05) is 6.42 Å². The minimum atomic E-state index is -3.59. The molecule has 0 unspecified atom stereocenters. The number of anilines is 1. The van der Waals surface area contributed by atoms with Crippen molar-refractivity contribution in [2.24, 2.45) is 0 Å². The number of benzene rings is 1. The van der Waals surface area contributed by atoms with Gasteiger partial charge in [0.1, 0.15) is 5.75 Å². The van der Waals surface area contributed by atoms with Crippen molar-refractivity contribution in [3.63, 3.8) is 0 Å². The third-order valence-corrected chi connectivity index (χ3v) is 6.21. The number of rotatable bonds is 5. The van der Waals surface area contributed by atoms with E-state index in [1.165, 1.54) is 35.9 Å². The zero-order valence-electron chi connectivity index (χ0n) is 14.5. The number of carbonyl (C=O) groups is 1. The first-order chi connectivity index (χ1) is 12.5. The van der Waals surface area contributed by atoms with Crippen LogP contribution in [0, 0.1) is 0 Å². The van der Waals surface area contributed by atoms with Gasteiger partial charge in [-0.2, -0.15) is 4.31 Å². The van der Waals surface area contributed by atoms with Crippen LogP contribution in [0.1, 0.15) is 29.6 Å². The summed E-state index contributed by atoms with van der Waals surface area (Å²) in [4.78, 5) is 16.4. The second kappa shape index (κ2) is 7.84. The molecule has 1 fully saturated rings. The molecule has 1 saturated heterocycles. The van der Waals surface area contributed by atoms with Gasteiger partial charge in [0.15, 0.2) is 0 Å². The van der Waals surface area contributed by atoms with E-state index in [2.05, 4.69) is 10.3 Å². The first-order valence-corrected chi connectivity index (χ1v) is 9.86. The van der Waals surface area contributed by atoms with Crippen LogP contribution in [0.15, 0.2) is 47.6 Å². The van der Waals surface area contributed by atoms with Crippen molar-refractivity contribution in [3.8, 4) is 5.75 Å². The van der Waals surface area contributed by atoms with Crippen molar-refractivity contribution in [2.75, 3.05) is 25.5 Å². The van der Waals surface area contributed by atoms with Crippen molar-refractivity contribution in [1.82, 2.24) is 9.29 Å². The molecule has 0 bridgehead atoms. The number of nitrogens with zero attached hydrogens (tertiary/aromatic N) is 2. The van der Waals surface area contributed by atoms with Crippen molar-refractivity contribution in [1.29, 1.82) is 0 Å². The molecule has 1 aliphatic heterocycles. The second-order valence-electron chi connectivity index (χ2n) is 6.02. The van der Waals surface area contributed by atoms with E-state index >= 15 is 0 Å². The fraction of sp³-hybridized carbons (Fsp3) is 0.333. The molecule has 138 valence electrons. The highest BCUT2D eigenvalue weighted by Gasteiger charge is 2.27. The molecule has 2 aromatic rings. The van der Waals surface area contributed by atoms with E-state index in [1.807, 2.05) is 0 Å². The summed E-state index contributed by atoms with van der Waals surface area (Å²) >= 11 is 0. The molecule has 1 aromatic heterocycles. The van der Waals surface area contributed by atoms with Gasteiger partial charge in [0.25, 0.3) is 5.91 Å². The Bertz CT molecular complexity index is 879. The summed E-state index contributed by atoms with van der Waals surface area (Å²) in [6.07, 6.45) is 5.80. The summed E-state index contributed by atoms with van der Waals surface area (Å²) < 4.78 is 32.5. The average Bonchev–Trinajstić information content (AvgIpc) is 2.69. The van der Waals surface area contributed by atoms with E-state index in [4.69, 9.17) is 4.74 Å². The highest BCUT2D eigenvalue weighted by atomic mass is 32.2. The maximum Gasteiger partial charge on any atom is 0.255 e. The van der Waals surface area contributed by atoms with Gasteiger partial charge < -0.3 is 10.1 Å². The van der Waals surface area contributed by atoms with E-state index in [0.29, 0.717) is 30.1 Å². The number of piperidine rings is 1. The Hall–Kier alpha value is -2.45. The molecule has 1 amide bonds. The third-order valence-electron chi connectivity index (χ3n) is 4.31. The average molecular weight is 375 g/mol. The standard InChI is InChI=1S/C18H21N3O4S/c1-25-17-6-5-15(26(23,24)21-11-3-2-4-12-21)13-16(17)20-18(22)14-7-9-19-10-8-14/h5-10,13H,2-4,11-12H2,1H3,(H,20,22). The molecule has 0 aliphatic carbocycles. The number of nitrogens with one attached hydrogen (secondary N) is 1. The van der Waals surface area contributed by atoms with Gasteiger partial charge in [-0.25, -0.2) is 8.42 Å². The maximum absolute atomic E-state index is 12.9. The van der Waals surface area contributed by atoms with Crippen LogP contribution in [0.3, 0.4) is 0 Å². The minimum Gasteiger partial charge on any atom is -0.495 e. The number of carbonyl (C=O) groups excluding carboxylic acids is 1. The van der Waals surface area contributed by atoms with E-state index < -0.39 is 10.0 Å². The lowest BCUT2D eigenvalue weighted by Gasteiger charge is -2.26. The fourth-order valence-corrected chi connectivity index (χ4v) is 4.44. The van der Waals surface area contributed by atoms with Crippen LogP contribution >= 0.6 is 0 Å². The molecule has 1 aromatic carbocycles. The van der Waals surface area contributed by atoms with Crippen LogP contribution in [0.5, 0.6) is 5.75 Å². The Morgan fingerprint density at radius 3 is 2.46 bits per heavy atom. The number of hydrogen-bond donors (Lipinski definition) is 1. The van der Waals surface area contributed by atoms with Crippen LogP contribution in [-0.4, -0.2) is 43.8 Å². The maximum atomic E-state index is 12.9. The number of pyridine rings is 1. The quantitative estimate of drug-likeness (QED) is 0.867. The van der Waals surface area contributed by atoms with Crippen molar-refractivity contribution < 1.29 is 17.9 Å². The Labute approximate surface area is 153 Å². The van der Waals surface area contributed by atoms with Crippen LogP contribution in [-0.2, 0) is 10.0 Å². The van der Waals surface area contributed by atoms with E-state index in [1.54, 1.807) is 18.2 Å². The molecular formula is C18H21N3O4S. The van der Waals surface area contributed by atoms with Crippen molar-refractivity contribution >= 4 is 21.6 Å². The topological polar surface area (TPSA) is 88.6 Å². The summed E-state index contributed by atoms with van der Waals surface area (Å²) in [6, 6.07) is 7.66. The van der Waals surface area contributed by atoms with Gasteiger partial charge in [0, 0.05) is 31.0 Å². The summed E-state index contributed by atoms with van der Waals surface area (Å²) in [7, 11) is -2.12. The van der Waals surface area contributed by atoms with Crippen LogP contribution in [0.2, 0.25) is 0 Å². The molecular weight excluding hydrogens is 354 g/mol. The normalized spacial score (nSPS) is 15.4.